The Labute approximate surface area is 272 Å². The van der Waals surface area contributed by atoms with Crippen LogP contribution >= 0.6 is 34.8 Å². The summed E-state index contributed by atoms with van der Waals surface area (Å²) in [5, 5.41) is 2.31. The van der Waals surface area contributed by atoms with E-state index in [9.17, 15) is 28.8 Å². The van der Waals surface area contributed by atoms with Crippen LogP contribution in [-0.4, -0.2) is 107 Å². The Morgan fingerprint density at radius 3 is 2.02 bits per heavy atom. The maximum absolute atomic E-state index is 12.8. The number of rotatable bonds is 12. The average molecular weight is 707 g/mol. The molecule has 0 bridgehead atoms. The molecule has 0 aliphatic carbocycles. The minimum absolute atomic E-state index is 0.576. The molecule has 2 heterocycles. The number of carbonyl (C=O) groups is 6. The van der Waals surface area contributed by atoms with Gasteiger partial charge in [-0.3, -0.25) is 24.0 Å². The fraction of sp³-hybridized carbons (Fsp3) is 0.680. The molecular formula is C25H34Cl3N3O14. The number of alkyl halides is 3. The molecule has 0 unspecified atom stereocenters. The number of primary amides is 2. The second-order valence-corrected chi connectivity index (χ2v) is 12.4. The van der Waals surface area contributed by atoms with Crippen LogP contribution in [0.3, 0.4) is 0 Å². The molecule has 9 atom stereocenters. The summed E-state index contributed by atoms with van der Waals surface area (Å²) in [5.41, 5.74) is 10.8. The predicted octanol–water partition coefficient (Wildman–Crippen LogP) is 0.0333. The molecule has 0 aromatic heterocycles. The molecular weight excluding hydrogens is 673 g/mol. The highest BCUT2D eigenvalue weighted by Crippen LogP contribution is 2.35. The van der Waals surface area contributed by atoms with Gasteiger partial charge in [0.25, 0.3) is 9.70 Å². The fourth-order valence-electron chi connectivity index (χ4n) is 4.53. The van der Waals surface area contributed by atoms with Crippen molar-refractivity contribution in [3.05, 3.63) is 12.7 Å². The lowest BCUT2D eigenvalue weighted by Crippen LogP contribution is -2.68. The van der Waals surface area contributed by atoms with Crippen LogP contribution in [-0.2, 0) is 61.9 Å². The van der Waals surface area contributed by atoms with E-state index in [0.29, 0.717) is 0 Å². The van der Waals surface area contributed by atoms with E-state index < -0.39 is 107 Å². The number of hydrogen-bond acceptors (Lipinski definition) is 14. The van der Waals surface area contributed by atoms with Gasteiger partial charge in [0.2, 0.25) is 5.91 Å². The van der Waals surface area contributed by atoms with Crippen molar-refractivity contribution in [2.45, 2.75) is 99.3 Å². The summed E-state index contributed by atoms with van der Waals surface area (Å²) >= 11 is 17.3. The Bertz CT molecular complexity index is 1170. The lowest BCUT2D eigenvalue weighted by molar-refractivity contribution is -0.292. The molecule has 0 aromatic carbocycles. The maximum atomic E-state index is 12.8. The number of carbonyl (C=O) groups excluding carboxylic acids is 6. The van der Waals surface area contributed by atoms with E-state index in [-0.39, 0.29) is 0 Å². The van der Waals surface area contributed by atoms with Crippen LogP contribution < -0.4 is 16.8 Å². The molecule has 45 heavy (non-hydrogen) atoms. The van der Waals surface area contributed by atoms with Gasteiger partial charge in [-0.25, -0.2) is 4.79 Å². The van der Waals surface area contributed by atoms with E-state index in [0.717, 1.165) is 26.8 Å². The van der Waals surface area contributed by atoms with Gasteiger partial charge in [-0.2, -0.15) is 0 Å². The smallest absolute Gasteiger partial charge is 0.404 e. The van der Waals surface area contributed by atoms with Crippen molar-refractivity contribution < 1.29 is 66.7 Å². The maximum Gasteiger partial charge on any atom is 0.404 e. The molecule has 2 aliphatic rings. The van der Waals surface area contributed by atoms with E-state index in [2.05, 4.69) is 11.9 Å². The van der Waals surface area contributed by atoms with E-state index in [1.54, 1.807) is 0 Å². The summed E-state index contributed by atoms with van der Waals surface area (Å²) < 4.78 is 41.8. The Hall–Kier alpha value is -2.93. The summed E-state index contributed by atoms with van der Waals surface area (Å²) in [4.78, 5) is 72.9. The Balaban J connectivity index is 2.66. The van der Waals surface area contributed by atoms with Crippen LogP contribution in [0, 0.1) is 0 Å². The minimum atomic E-state index is -2.57. The topological polar surface area (TPSA) is 240 Å². The second kappa shape index (κ2) is 15.6. The van der Waals surface area contributed by atoms with Gasteiger partial charge in [-0.05, 0) is 13.8 Å². The van der Waals surface area contributed by atoms with Gasteiger partial charge in [0.1, 0.15) is 31.0 Å². The van der Waals surface area contributed by atoms with Crippen LogP contribution in [0.25, 0.3) is 0 Å². The molecule has 0 saturated carbocycles. The van der Waals surface area contributed by atoms with Gasteiger partial charge in [0.15, 0.2) is 36.5 Å². The molecule has 17 nitrogen and oxygen atoms in total. The van der Waals surface area contributed by atoms with Gasteiger partial charge in [-0.1, -0.05) is 40.9 Å². The summed E-state index contributed by atoms with van der Waals surface area (Å²) in [5.74, 6) is -6.20. The zero-order valence-electron chi connectivity index (χ0n) is 24.7. The monoisotopic (exact) mass is 705 g/mol. The number of amides is 3. The molecule has 5 N–H and O–H groups in total. The zero-order valence-corrected chi connectivity index (χ0v) is 27.0. The predicted molar refractivity (Wildman–Crippen MR) is 151 cm³/mol. The van der Waals surface area contributed by atoms with Crippen molar-refractivity contribution in [3.8, 4) is 0 Å². The van der Waals surface area contributed by atoms with Gasteiger partial charge in [-0.15, -0.1) is 6.58 Å². The Kier molecular flexibility index (Phi) is 13.2. The molecule has 2 aliphatic heterocycles. The molecule has 3 amide bonds. The lowest BCUT2D eigenvalue weighted by Gasteiger charge is -2.46. The van der Waals surface area contributed by atoms with Crippen LogP contribution in [0.1, 0.15) is 34.6 Å². The first-order valence-electron chi connectivity index (χ1n) is 13.1. The summed E-state index contributed by atoms with van der Waals surface area (Å²) in [6.45, 7) is 9.13. The first kappa shape index (κ1) is 38.3. The molecule has 20 heteroatoms. The molecule has 0 spiro atoms. The molecule has 2 rings (SSSR count). The quantitative estimate of drug-likeness (QED) is 0.105. The highest BCUT2D eigenvalue weighted by Gasteiger charge is 2.56. The standard InChI is InChI=1S/C25H34Cl3N3O14/c1-7-12(15(43-23(30)37)18-19(20(29)35)45-24(5,6)44-18)41-21-14(31-22(36)25(26,27)28)17(40-11(4)34)16(39-10(3)33)13(42-21)8-38-9(2)32/h7,12-19,21H,1,8H2,2-6H3,(H2,29,35)(H2,30,37)(H,31,36)/t12-,13+,14+,15+,16+,17+,18+,19-,21+/m0/s1. The van der Waals surface area contributed by atoms with Crippen molar-refractivity contribution >= 4 is 70.6 Å². The van der Waals surface area contributed by atoms with Crippen molar-refractivity contribution in [2.75, 3.05) is 6.61 Å². The molecule has 0 aromatic rings. The number of halogens is 3. The molecule has 254 valence electrons. The zero-order chi connectivity index (χ0) is 34.4. The number of esters is 3. The number of nitrogens with two attached hydrogens (primary N) is 2. The van der Waals surface area contributed by atoms with Crippen molar-refractivity contribution in [1.82, 2.24) is 5.32 Å². The molecule has 2 saturated heterocycles. The van der Waals surface area contributed by atoms with Gasteiger partial charge in [0, 0.05) is 20.8 Å². The normalized spacial score (nSPS) is 28.9. The first-order chi connectivity index (χ1) is 20.7. The summed E-state index contributed by atoms with van der Waals surface area (Å²) in [6, 6.07) is -1.64. The molecule has 2 fully saturated rings. The number of nitrogens with one attached hydrogen (secondary N) is 1. The second-order valence-electron chi connectivity index (χ2n) is 10.2. The van der Waals surface area contributed by atoms with Gasteiger partial charge in [0.05, 0.1) is 0 Å². The van der Waals surface area contributed by atoms with E-state index in [4.69, 9.17) is 84.2 Å². The van der Waals surface area contributed by atoms with Crippen LogP contribution in [0.5, 0.6) is 0 Å². The Morgan fingerprint density at radius 1 is 0.978 bits per heavy atom. The van der Waals surface area contributed by atoms with Crippen LogP contribution in [0.4, 0.5) is 4.79 Å². The SMILES string of the molecule is C=C[C@H](O[C@@H]1O[C@H](COC(C)=O)[C@@H](OC(C)=O)[C@H](OC(C)=O)[C@H]1NC(=O)C(Cl)(Cl)Cl)[C@@H](OC(N)=O)[C@H]1OC(C)(C)O[C@@H]1C(N)=O. The average Bonchev–Trinajstić information content (AvgIpc) is 3.22. The van der Waals surface area contributed by atoms with Gasteiger partial charge >= 0.3 is 24.0 Å². The van der Waals surface area contributed by atoms with Crippen LogP contribution in [0.15, 0.2) is 12.7 Å². The number of ether oxygens (including phenoxy) is 8. The van der Waals surface area contributed by atoms with Crippen molar-refractivity contribution in [1.29, 1.82) is 0 Å². The van der Waals surface area contributed by atoms with E-state index >= 15 is 0 Å². The third-order valence-electron chi connectivity index (χ3n) is 6.09. The highest BCUT2D eigenvalue weighted by atomic mass is 35.6. The Morgan fingerprint density at radius 2 is 1.56 bits per heavy atom. The summed E-state index contributed by atoms with van der Waals surface area (Å²) in [7, 11) is 0. The van der Waals surface area contributed by atoms with Crippen LogP contribution in [0.2, 0.25) is 0 Å². The summed E-state index contributed by atoms with van der Waals surface area (Å²) in [6.07, 6.45) is -12.6. The highest BCUT2D eigenvalue weighted by molar-refractivity contribution is 6.76. The fourth-order valence-corrected chi connectivity index (χ4v) is 4.70. The largest absolute Gasteiger partial charge is 0.463 e. The lowest BCUT2D eigenvalue weighted by atomic mass is 9.95. The first-order valence-corrected chi connectivity index (χ1v) is 14.2. The number of hydrogen-bond donors (Lipinski definition) is 3. The third-order valence-corrected chi connectivity index (χ3v) is 6.60. The molecule has 0 radical (unpaired) electrons. The third kappa shape index (κ3) is 10.8. The van der Waals surface area contributed by atoms with Crippen molar-refractivity contribution in [2.24, 2.45) is 11.5 Å². The van der Waals surface area contributed by atoms with Gasteiger partial charge < -0.3 is 54.7 Å². The van der Waals surface area contributed by atoms with Crippen molar-refractivity contribution in [3.63, 3.8) is 0 Å². The van der Waals surface area contributed by atoms with E-state index in [1.165, 1.54) is 13.8 Å². The van der Waals surface area contributed by atoms with E-state index in [1.807, 2.05) is 0 Å². The minimum Gasteiger partial charge on any atom is -0.463 e.